The fraction of sp³-hybridized carbons (Fsp3) is 1.00. The summed E-state index contributed by atoms with van der Waals surface area (Å²) in [6, 6.07) is 0.258. The van der Waals surface area contributed by atoms with Crippen LogP contribution in [0.5, 0.6) is 0 Å². The number of halogens is 3. The number of hydrogen-bond donors (Lipinski definition) is 1. The largest absolute Gasteiger partial charge is 0.390 e. The Bertz CT molecular complexity index is 255. The van der Waals surface area contributed by atoms with Crippen LogP contribution in [0.2, 0.25) is 0 Å². The average Bonchev–Trinajstić information content (AvgIpc) is 2.59. The molecule has 2 aliphatic heterocycles. The predicted molar refractivity (Wildman–Crippen MR) is 60.9 cm³/mol. The first-order chi connectivity index (χ1) is 7.96. The van der Waals surface area contributed by atoms with Gasteiger partial charge >= 0.3 is 6.18 Å². The van der Waals surface area contributed by atoms with Crippen molar-refractivity contribution in [2.45, 2.75) is 63.3 Å². The summed E-state index contributed by atoms with van der Waals surface area (Å²) < 4.78 is 36.8. The maximum atomic E-state index is 12.3. The van der Waals surface area contributed by atoms with Crippen molar-refractivity contribution in [3.63, 3.8) is 0 Å². The van der Waals surface area contributed by atoms with E-state index in [1.165, 1.54) is 12.8 Å². The van der Waals surface area contributed by atoms with Crippen molar-refractivity contribution in [2.75, 3.05) is 13.1 Å². The van der Waals surface area contributed by atoms with Gasteiger partial charge < -0.3 is 5.32 Å². The second kappa shape index (κ2) is 5.14. The van der Waals surface area contributed by atoms with Crippen LogP contribution >= 0.6 is 0 Å². The van der Waals surface area contributed by atoms with Crippen LogP contribution in [0.3, 0.4) is 0 Å². The van der Waals surface area contributed by atoms with Gasteiger partial charge in [-0.15, -0.1) is 0 Å². The van der Waals surface area contributed by atoms with Crippen molar-refractivity contribution < 1.29 is 13.2 Å². The van der Waals surface area contributed by atoms with Gasteiger partial charge in [-0.1, -0.05) is 6.42 Å². The van der Waals surface area contributed by atoms with Crippen LogP contribution in [-0.4, -0.2) is 42.3 Å². The summed E-state index contributed by atoms with van der Waals surface area (Å²) in [4.78, 5) is 2.43. The van der Waals surface area contributed by atoms with Crippen molar-refractivity contribution in [3.05, 3.63) is 0 Å². The van der Waals surface area contributed by atoms with Crippen LogP contribution < -0.4 is 5.32 Å². The zero-order chi connectivity index (χ0) is 12.5. The number of hydrogen-bond acceptors (Lipinski definition) is 2. The summed E-state index contributed by atoms with van der Waals surface area (Å²) in [5, 5.41) is 3.17. The minimum Gasteiger partial charge on any atom is -0.310 e. The fourth-order valence-corrected chi connectivity index (χ4v) is 3.21. The molecule has 17 heavy (non-hydrogen) atoms. The van der Waals surface area contributed by atoms with Gasteiger partial charge in [-0.2, -0.15) is 13.2 Å². The van der Waals surface area contributed by atoms with Gasteiger partial charge in [0.2, 0.25) is 0 Å². The van der Waals surface area contributed by atoms with E-state index in [1.54, 1.807) is 6.92 Å². The monoisotopic (exact) mass is 250 g/mol. The lowest BCUT2D eigenvalue weighted by Crippen LogP contribution is -2.48. The SMILES string of the molecule is CC(CC(F)(F)F)NC1CCN2CCCCC12. The van der Waals surface area contributed by atoms with Crippen LogP contribution in [0.4, 0.5) is 13.2 Å². The molecule has 0 aromatic heterocycles. The molecule has 3 atom stereocenters. The average molecular weight is 250 g/mol. The molecule has 2 rings (SSSR count). The van der Waals surface area contributed by atoms with E-state index >= 15 is 0 Å². The van der Waals surface area contributed by atoms with E-state index in [0.29, 0.717) is 6.04 Å². The Labute approximate surface area is 101 Å². The molecule has 5 heteroatoms. The molecule has 2 saturated heterocycles. The summed E-state index contributed by atoms with van der Waals surface area (Å²) in [5.74, 6) is 0. The van der Waals surface area contributed by atoms with Crippen LogP contribution in [0.1, 0.15) is 39.0 Å². The zero-order valence-corrected chi connectivity index (χ0v) is 10.3. The number of rotatable bonds is 3. The third-order valence-corrected chi connectivity index (χ3v) is 3.89. The molecule has 2 aliphatic rings. The number of nitrogens with one attached hydrogen (secondary N) is 1. The molecule has 100 valence electrons. The Balaban J connectivity index is 1.82. The third-order valence-electron chi connectivity index (χ3n) is 3.89. The Kier molecular flexibility index (Phi) is 3.98. The van der Waals surface area contributed by atoms with Crippen molar-refractivity contribution in [1.29, 1.82) is 0 Å². The first-order valence-corrected chi connectivity index (χ1v) is 6.52. The molecule has 0 aromatic carbocycles. The summed E-state index contributed by atoms with van der Waals surface area (Å²) in [6.45, 7) is 3.80. The Hall–Kier alpha value is -0.290. The molecule has 3 unspecified atom stereocenters. The number of piperidine rings is 1. The molecule has 0 saturated carbocycles. The van der Waals surface area contributed by atoms with E-state index in [1.807, 2.05) is 0 Å². The minimum atomic E-state index is -4.06. The first kappa shape index (κ1) is 13.1. The molecule has 0 amide bonds. The van der Waals surface area contributed by atoms with E-state index in [2.05, 4.69) is 10.2 Å². The Morgan fingerprint density at radius 3 is 2.71 bits per heavy atom. The molecular formula is C12H21F3N2. The second-order valence-electron chi connectivity index (χ2n) is 5.38. The topological polar surface area (TPSA) is 15.3 Å². The summed E-state index contributed by atoms with van der Waals surface area (Å²) in [6.07, 6.45) is -0.203. The highest BCUT2D eigenvalue weighted by molar-refractivity contribution is 4.94. The molecule has 0 spiro atoms. The lowest BCUT2D eigenvalue weighted by atomic mass is 9.98. The summed E-state index contributed by atoms with van der Waals surface area (Å²) in [5.41, 5.74) is 0. The van der Waals surface area contributed by atoms with Crippen molar-refractivity contribution in [3.8, 4) is 0 Å². The van der Waals surface area contributed by atoms with E-state index in [-0.39, 0.29) is 6.04 Å². The second-order valence-corrected chi connectivity index (χ2v) is 5.38. The standard InChI is InChI=1S/C12H21F3N2/c1-9(8-12(13,14)15)16-10-5-7-17-6-3-2-4-11(10)17/h9-11,16H,2-8H2,1H3. The molecule has 0 aliphatic carbocycles. The maximum Gasteiger partial charge on any atom is 0.390 e. The van der Waals surface area contributed by atoms with E-state index in [0.717, 1.165) is 25.9 Å². The highest BCUT2D eigenvalue weighted by Crippen LogP contribution is 2.28. The number of alkyl halides is 3. The number of nitrogens with zero attached hydrogens (tertiary/aromatic N) is 1. The van der Waals surface area contributed by atoms with Crippen LogP contribution in [0, 0.1) is 0 Å². The highest BCUT2D eigenvalue weighted by Gasteiger charge is 2.37. The lowest BCUT2D eigenvalue weighted by Gasteiger charge is -2.34. The fourth-order valence-electron chi connectivity index (χ4n) is 3.21. The molecule has 2 nitrogen and oxygen atoms in total. The first-order valence-electron chi connectivity index (χ1n) is 6.52. The van der Waals surface area contributed by atoms with E-state index in [9.17, 15) is 13.2 Å². The van der Waals surface area contributed by atoms with Gasteiger partial charge in [0.25, 0.3) is 0 Å². The Morgan fingerprint density at radius 2 is 2.00 bits per heavy atom. The normalized spacial score (nSPS) is 32.5. The summed E-state index contributed by atoms with van der Waals surface area (Å²) in [7, 11) is 0. The summed E-state index contributed by atoms with van der Waals surface area (Å²) >= 11 is 0. The van der Waals surface area contributed by atoms with Gasteiger partial charge in [-0.3, -0.25) is 4.90 Å². The van der Waals surface area contributed by atoms with Gasteiger partial charge in [0.15, 0.2) is 0 Å². The van der Waals surface area contributed by atoms with Gasteiger partial charge in [-0.05, 0) is 32.7 Å². The molecule has 0 bridgehead atoms. The van der Waals surface area contributed by atoms with Crippen LogP contribution in [-0.2, 0) is 0 Å². The van der Waals surface area contributed by atoms with Gasteiger partial charge in [0.05, 0.1) is 6.42 Å². The zero-order valence-electron chi connectivity index (χ0n) is 10.3. The minimum absolute atomic E-state index is 0.257. The van der Waals surface area contributed by atoms with Crippen LogP contribution in [0.25, 0.3) is 0 Å². The van der Waals surface area contributed by atoms with E-state index in [4.69, 9.17) is 0 Å². The molecular weight excluding hydrogens is 229 g/mol. The quantitative estimate of drug-likeness (QED) is 0.828. The maximum absolute atomic E-state index is 12.3. The van der Waals surface area contributed by atoms with Crippen molar-refractivity contribution in [2.24, 2.45) is 0 Å². The highest BCUT2D eigenvalue weighted by atomic mass is 19.4. The molecule has 1 N–H and O–H groups in total. The van der Waals surface area contributed by atoms with Gasteiger partial charge in [0.1, 0.15) is 0 Å². The third kappa shape index (κ3) is 3.58. The number of fused-ring (bicyclic) bond motifs is 1. The molecule has 0 aromatic rings. The van der Waals surface area contributed by atoms with Crippen molar-refractivity contribution >= 4 is 0 Å². The predicted octanol–water partition coefficient (Wildman–Crippen LogP) is 2.54. The van der Waals surface area contributed by atoms with Crippen molar-refractivity contribution in [1.82, 2.24) is 10.2 Å². The molecule has 2 heterocycles. The van der Waals surface area contributed by atoms with E-state index < -0.39 is 18.6 Å². The van der Waals surface area contributed by atoms with Gasteiger partial charge in [0, 0.05) is 24.7 Å². The Morgan fingerprint density at radius 1 is 1.24 bits per heavy atom. The molecule has 0 radical (unpaired) electrons. The lowest BCUT2D eigenvalue weighted by molar-refractivity contribution is -0.139. The molecule has 2 fully saturated rings. The van der Waals surface area contributed by atoms with Crippen LogP contribution in [0.15, 0.2) is 0 Å². The smallest absolute Gasteiger partial charge is 0.310 e. The van der Waals surface area contributed by atoms with Gasteiger partial charge in [-0.25, -0.2) is 0 Å².